The van der Waals surface area contributed by atoms with Gasteiger partial charge in [-0.05, 0) is 6.07 Å². The molecule has 6 heteroatoms. The van der Waals surface area contributed by atoms with Crippen molar-refractivity contribution in [3.05, 3.63) is 22.8 Å². The van der Waals surface area contributed by atoms with Gasteiger partial charge in [-0.3, -0.25) is 4.79 Å². The van der Waals surface area contributed by atoms with Crippen LogP contribution >= 0.6 is 11.6 Å². The van der Waals surface area contributed by atoms with E-state index in [1.165, 1.54) is 17.2 Å². The van der Waals surface area contributed by atoms with E-state index in [-0.39, 0.29) is 16.7 Å². The number of hydrogen-bond acceptors (Lipinski definition) is 4. The number of rotatable bonds is 1. The molecule has 0 aliphatic carbocycles. The number of nitrogens with zero attached hydrogens (tertiary/aromatic N) is 2. The van der Waals surface area contributed by atoms with Crippen molar-refractivity contribution in [1.82, 2.24) is 9.88 Å². The van der Waals surface area contributed by atoms with Crippen LogP contribution in [-0.4, -0.2) is 40.1 Å². The molecule has 1 fully saturated rings. The first-order valence-electron chi connectivity index (χ1n) is 4.46. The molecular weight excluding hydrogens is 218 g/mol. The number of nitrogen functional groups attached to an aromatic ring is 1. The molecule has 0 aromatic carbocycles. The number of aliphatic hydroxyl groups is 1. The van der Waals surface area contributed by atoms with Crippen molar-refractivity contribution in [2.45, 2.75) is 6.10 Å². The van der Waals surface area contributed by atoms with Crippen LogP contribution < -0.4 is 5.73 Å². The van der Waals surface area contributed by atoms with E-state index in [0.717, 1.165) is 0 Å². The number of nitrogens with two attached hydrogens (primary N) is 1. The highest BCUT2D eigenvalue weighted by atomic mass is 35.5. The monoisotopic (exact) mass is 227 g/mol. The Kier molecular flexibility index (Phi) is 2.50. The van der Waals surface area contributed by atoms with E-state index >= 15 is 0 Å². The van der Waals surface area contributed by atoms with Gasteiger partial charge in [0, 0.05) is 19.3 Å². The molecule has 0 spiro atoms. The Hall–Kier alpha value is -1.33. The first-order valence-corrected chi connectivity index (χ1v) is 4.84. The molecule has 2 rings (SSSR count). The van der Waals surface area contributed by atoms with Gasteiger partial charge in [0.05, 0.1) is 16.7 Å². The molecule has 0 radical (unpaired) electrons. The zero-order valence-electron chi connectivity index (χ0n) is 7.85. The Morgan fingerprint density at radius 3 is 2.87 bits per heavy atom. The lowest BCUT2D eigenvalue weighted by Crippen LogP contribution is -2.53. The van der Waals surface area contributed by atoms with Crippen LogP contribution in [-0.2, 0) is 0 Å². The first kappa shape index (κ1) is 10.2. The second-order valence-electron chi connectivity index (χ2n) is 3.46. The highest BCUT2D eigenvalue weighted by molar-refractivity contribution is 6.33. The zero-order chi connectivity index (χ0) is 11.0. The molecule has 80 valence electrons. The molecule has 1 aromatic rings. The molecule has 1 aliphatic heterocycles. The average Bonchev–Trinajstić information content (AvgIpc) is 2.16. The summed E-state index contributed by atoms with van der Waals surface area (Å²) < 4.78 is 0. The number of aliphatic hydroxyl groups excluding tert-OH is 1. The van der Waals surface area contributed by atoms with Crippen LogP contribution in [0.25, 0.3) is 0 Å². The summed E-state index contributed by atoms with van der Waals surface area (Å²) in [6.45, 7) is 0.724. The minimum atomic E-state index is -0.411. The van der Waals surface area contributed by atoms with Crippen molar-refractivity contribution in [2.75, 3.05) is 18.8 Å². The van der Waals surface area contributed by atoms with Crippen molar-refractivity contribution in [3.8, 4) is 0 Å². The van der Waals surface area contributed by atoms with Crippen LogP contribution in [0.3, 0.4) is 0 Å². The van der Waals surface area contributed by atoms with E-state index in [0.29, 0.717) is 18.7 Å². The van der Waals surface area contributed by atoms with Crippen LogP contribution in [0.4, 0.5) is 5.82 Å². The molecular formula is C9H10ClN3O2. The van der Waals surface area contributed by atoms with E-state index in [2.05, 4.69) is 4.98 Å². The fraction of sp³-hybridized carbons (Fsp3) is 0.333. The highest BCUT2D eigenvalue weighted by Gasteiger charge is 2.29. The Morgan fingerprint density at radius 1 is 1.67 bits per heavy atom. The van der Waals surface area contributed by atoms with Crippen LogP contribution in [0, 0.1) is 0 Å². The maximum Gasteiger partial charge on any atom is 0.255 e. The standard InChI is InChI=1S/C9H10ClN3O2/c10-7-1-5(2-12-8(7)11)9(15)13-3-6(14)4-13/h1-2,6,14H,3-4H2,(H2,11,12). The predicted octanol–water partition coefficient (Wildman–Crippen LogP) is 0.134. The van der Waals surface area contributed by atoms with Crippen LogP contribution in [0.5, 0.6) is 0 Å². The summed E-state index contributed by atoms with van der Waals surface area (Å²) in [5, 5.41) is 9.32. The van der Waals surface area contributed by atoms with Gasteiger partial charge in [0.1, 0.15) is 5.82 Å². The number of carbonyl (C=O) groups is 1. The van der Waals surface area contributed by atoms with Gasteiger partial charge in [0.2, 0.25) is 0 Å². The topological polar surface area (TPSA) is 79.5 Å². The lowest BCUT2D eigenvalue weighted by molar-refractivity contribution is 0.00587. The molecule has 1 amide bonds. The van der Waals surface area contributed by atoms with Gasteiger partial charge in [0.15, 0.2) is 0 Å². The number of β-amino-alcohol motifs (C(OH)–C–C–N with tert-alkyl or cyclic N) is 1. The van der Waals surface area contributed by atoms with Gasteiger partial charge in [-0.15, -0.1) is 0 Å². The Labute approximate surface area is 91.5 Å². The molecule has 2 heterocycles. The van der Waals surface area contributed by atoms with E-state index in [1.807, 2.05) is 0 Å². The van der Waals surface area contributed by atoms with E-state index in [4.69, 9.17) is 22.4 Å². The Bertz CT molecular complexity index is 404. The summed E-state index contributed by atoms with van der Waals surface area (Å²) in [5.41, 5.74) is 5.82. The average molecular weight is 228 g/mol. The smallest absolute Gasteiger partial charge is 0.255 e. The van der Waals surface area contributed by atoms with Crippen LogP contribution in [0.15, 0.2) is 12.3 Å². The summed E-state index contributed by atoms with van der Waals surface area (Å²) in [6.07, 6.45) is 0.972. The van der Waals surface area contributed by atoms with E-state index < -0.39 is 6.10 Å². The van der Waals surface area contributed by atoms with Gasteiger partial charge < -0.3 is 15.7 Å². The molecule has 0 bridgehead atoms. The maximum atomic E-state index is 11.7. The van der Waals surface area contributed by atoms with Gasteiger partial charge in [-0.1, -0.05) is 11.6 Å². The molecule has 0 saturated carbocycles. The lowest BCUT2D eigenvalue weighted by Gasteiger charge is -2.35. The van der Waals surface area contributed by atoms with Crippen LogP contribution in [0.2, 0.25) is 5.02 Å². The van der Waals surface area contributed by atoms with Crippen LogP contribution in [0.1, 0.15) is 10.4 Å². The number of hydrogen-bond donors (Lipinski definition) is 2. The summed E-state index contributed by atoms with van der Waals surface area (Å²) in [4.78, 5) is 17.0. The molecule has 1 aromatic heterocycles. The fourth-order valence-corrected chi connectivity index (χ4v) is 1.54. The van der Waals surface area contributed by atoms with Gasteiger partial charge in [-0.2, -0.15) is 0 Å². The van der Waals surface area contributed by atoms with Crippen molar-refractivity contribution in [2.24, 2.45) is 0 Å². The summed E-state index contributed by atoms with van der Waals surface area (Å²) in [6, 6.07) is 1.48. The van der Waals surface area contributed by atoms with Gasteiger partial charge >= 0.3 is 0 Å². The number of likely N-dealkylation sites (tertiary alicyclic amines) is 1. The molecule has 1 aliphatic rings. The fourth-order valence-electron chi connectivity index (χ4n) is 1.37. The lowest BCUT2D eigenvalue weighted by atomic mass is 10.1. The molecule has 5 nitrogen and oxygen atoms in total. The largest absolute Gasteiger partial charge is 0.389 e. The van der Waals surface area contributed by atoms with Gasteiger partial charge in [0.25, 0.3) is 5.91 Å². The number of amides is 1. The molecule has 0 atom stereocenters. The second kappa shape index (κ2) is 3.67. The molecule has 1 saturated heterocycles. The molecule has 15 heavy (non-hydrogen) atoms. The number of aromatic nitrogens is 1. The summed E-state index contributed by atoms with van der Waals surface area (Å²) in [5.74, 6) is 0.0200. The Balaban J connectivity index is 2.16. The van der Waals surface area contributed by atoms with Crippen molar-refractivity contribution in [1.29, 1.82) is 0 Å². The minimum Gasteiger partial charge on any atom is -0.389 e. The molecule has 3 N–H and O–H groups in total. The van der Waals surface area contributed by atoms with Crippen molar-refractivity contribution >= 4 is 23.3 Å². The maximum absolute atomic E-state index is 11.7. The third-order valence-corrected chi connectivity index (χ3v) is 2.57. The number of carbonyl (C=O) groups excluding carboxylic acids is 1. The summed E-state index contributed by atoms with van der Waals surface area (Å²) in [7, 11) is 0. The summed E-state index contributed by atoms with van der Waals surface area (Å²) >= 11 is 5.74. The van der Waals surface area contributed by atoms with Crippen molar-refractivity contribution < 1.29 is 9.90 Å². The van der Waals surface area contributed by atoms with E-state index in [1.54, 1.807) is 0 Å². The highest BCUT2D eigenvalue weighted by Crippen LogP contribution is 2.19. The minimum absolute atomic E-state index is 0.185. The first-order chi connectivity index (χ1) is 7.08. The third kappa shape index (κ3) is 1.88. The normalized spacial score (nSPS) is 16.3. The molecule has 0 unspecified atom stereocenters. The number of halogens is 1. The zero-order valence-corrected chi connectivity index (χ0v) is 8.61. The van der Waals surface area contributed by atoms with Crippen molar-refractivity contribution in [3.63, 3.8) is 0 Å². The second-order valence-corrected chi connectivity index (χ2v) is 3.86. The van der Waals surface area contributed by atoms with Gasteiger partial charge in [-0.25, -0.2) is 4.98 Å². The third-order valence-electron chi connectivity index (χ3n) is 2.27. The van der Waals surface area contributed by atoms with E-state index in [9.17, 15) is 4.79 Å². The predicted molar refractivity (Wildman–Crippen MR) is 55.6 cm³/mol. The number of anilines is 1. The Morgan fingerprint density at radius 2 is 2.33 bits per heavy atom. The SMILES string of the molecule is Nc1ncc(C(=O)N2CC(O)C2)cc1Cl. The quantitative estimate of drug-likeness (QED) is 0.715. The number of pyridine rings is 1.